The molecule has 0 spiro atoms. The number of aromatic nitrogens is 2. The van der Waals surface area contributed by atoms with E-state index in [9.17, 15) is 17.6 Å². The highest BCUT2D eigenvalue weighted by Crippen LogP contribution is 2.31. The van der Waals surface area contributed by atoms with Crippen LogP contribution < -0.4 is 20.1 Å². The summed E-state index contributed by atoms with van der Waals surface area (Å²) in [4.78, 5) is 23.8. The number of carbonyl (C=O) groups is 1. The zero-order valence-electron chi connectivity index (χ0n) is 21.6. The van der Waals surface area contributed by atoms with Crippen LogP contribution in [0.4, 0.5) is 16.0 Å². The molecule has 1 unspecified atom stereocenters. The zero-order valence-corrected chi connectivity index (χ0v) is 22.5. The standard InChI is InChI=1S/C27H32FN5O4S/c1-17(2)16-37-21-14-19(13-20(28)15-21)23-11-10-22(26(30-23)33-12-5-4-7-18(33)3)27(34)32-38(35,36)25-9-6-8-24(29)31-25/h6,8-11,13-15,17-18H,4-5,7,12,16H2,1-3H3,(H2,29,31)(H,32,34). The predicted octanol–water partition coefficient (Wildman–Crippen LogP) is 4.40. The Morgan fingerprint density at radius 2 is 1.97 bits per heavy atom. The fraction of sp³-hybridized carbons (Fsp3) is 0.370. The molecule has 4 rings (SSSR count). The quantitative estimate of drug-likeness (QED) is 0.430. The van der Waals surface area contributed by atoms with Gasteiger partial charge in [0.15, 0.2) is 5.03 Å². The third kappa shape index (κ3) is 6.39. The number of sulfonamides is 1. The van der Waals surface area contributed by atoms with Crippen LogP contribution >= 0.6 is 0 Å². The van der Waals surface area contributed by atoms with E-state index in [0.717, 1.165) is 19.3 Å². The van der Waals surface area contributed by atoms with E-state index in [0.29, 0.717) is 36.0 Å². The van der Waals surface area contributed by atoms with Crippen molar-refractivity contribution in [3.8, 4) is 17.0 Å². The lowest BCUT2D eigenvalue weighted by Crippen LogP contribution is -2.40. The summed E-state index contributed by atoms with van der Waals surface area (Å²) in [7, 11) is -4.28. The van der Waals surface area contributed by atoms with Gasteiger partial charge in [0, 0.05) is 24.2 Å². The van der Waals surface area contributed by atoms with E-state index in [1.54, 1.807) is 12.1 Å². The molecule has 1 amide bonds. The van der Waals surface area contributed by atoms with Crippen molar-refractivity contribution in [3.63, 3.8) is 0 Å². The van der Waals surface area contributed by atoms with Crippen molar-refractivity contribution in [3.05, 3.63) is 59.9 Å². The molecule has 1 atom stereocenters. The summed E-state index contributed by atoms with van der Waals surface area (Å²) in [5, 5.41) is -0.364. The van der Waals surface area contributed by atoms with E-state index in [1.165, 1.54) is 36.4 Å². The Hall–Kier alpha value is -3.73. The molecule has 1 aromatic carbocycles. The number of ether oxygens (including phenoxy) is 1. The molecule has 1 aliphatic rings. The number of nitrogen functional groups attached to an aromatic ring is 1. The van der Waals surface area contributed by atoms with Crippen molar-refractivity contribution in [1.29, 1.82) is 0 Å². The molecule has 3 N–H and O–H groups in total. The van der Waals surface area contributed by atoms with Crippen LogP contribution in [0.2, 0.25) is 0 Å². The van der Waals surface area contributed by atoms with E-state index in [4.69, 9.17) is 15.5 Å². The Labute approximate surface area is 222 Å². The van der Waals surface area contributed by atoms with Crippen LogP contribution in [0.25, 0.3) is 11.3 Å². The number of piperidine rings is 1. The first-order valence-electron chi connectivity index (χ1n) is 12.5. The molecule has 9 nitrogen and oxygen atoms in total. The van der Waals surface area contributed by atoms with Gasteiger partial charge in [-0.2, -0.15) is 8.42 Å². The maximum absolute atomic E-state index is 14.5. The third-order valence-electron chi connectivity index (χ3n) is 6.19. The van der Waals surface area contributed by atoms with E-state index in [1.807, 2.05) is 25.7 Å². The summed E-state index contributed by atoms with van der Waals surface area (Å²) in [6.45, 7) is 7.11. The van der Waals surface area contributed by atoms with Crippen LogP contribution in [0.1, 0.15) is 50.4 Å². The fourth-order valence-corrected chi connectivity index (χ4v) is 5.23. The summed E-state index contributed by atoms with van der Waals surface area (Å²) in [6, 6.07) is 11.7. The largest absolute Gasteiger partial charge is 0.493 e. The van der Waals surface area contributed by atoms with Crippen LogP contribution in [0.3, 0.4) is 0 Å². The molecule has 3 heterocycles. The molecule has 0 radical (unpaired) electrons. The molecule has 11 heteroatoms. The van der Waals surface area contributed by atoms with Crippen LogP contribution in [-0.4, -0.2) is 43.5 Å². The number of hydrogen-bond donors (Lipinski definition) is 2. The Balaban J connectivity index is 1.73. The van der Waals surface area contributed by atoms with E-state index < -0.39 is 21.7 Å². The lowest BCUT2D eigenvalue weighted by molar-refractivity contribution is 0.0981. The summed E-state index contributed by atoms with van der Waals surface area (Å²) in [5.74, 6) is -0.327. The van der Waals surface area contributed by atoms with Crippen LogP contribution in [0, 0.1) is 11.7 Å². The Morgan fingerprint density at radius 1 is 1.18 bits per heavy atom. The smallest absolute Gasteiger partial charge is 0.281 e. The van der Waals surface area contributed by atoms with Crippen LogP contribution in [-0.2, 0) is 10.0 Å². The molecular formula is C27H32FN5O4S. The van der Waals surface area contributed by atoms with Gasteiger partial charge in [0.1, 0.15) is 23.2 Å². The Morgan fingerprint density at radius 3 is 2.68 bits per heavy atom. The summed E-state index contributed by atoms with van der Waals surface area (Å²) in [5.41, 5.74) is 6.62. The number of nitrogens with zero attached hydrogens (tertiary/aromatic N) is 3. The van der Waals surface area contributed by atoms with Crippen molar-refractivity contribution in [2.24, 2.45) is 5.92 Å². The van der Waals surface area contributed by atoms with Gasteiger partial charge in [-0.1, -0.05) is 19.9 Å². The molecule has 0 aliphatic carbocycles. The number of nitrogens with one attached hydrogen (secondary N) is 1. The number of anilines is 2. The monoisotopic (exact) mass is 541 g/mol. The fourth-order valence-electron chi connectivity index (χ4n) is 4.28. The minimum atomic E-state index is -4.28. The molecule has 2 aromatic heterocycles. The SMILES string of the molecule is CC(C)COc1cc(F)cc(-c2ccc(C(=O)NS(=O)(=O)c3cccc(N)n3)c(N3CCCCC3C)n2)c1. The highest BCUT2D eigenvalue weighted by atomic mass is 32.2. The molecular weight excluding hydrogens is 509 g/mol. The summed E-state index contributed by atoms with van der Waals surface area (Å²) < 4.78 is 48.0. The highest BCUT2D eigenvalue weighted by molar-refractivity contribution is 7.90. The van der Waals surface area contributed by atoms with Crippen LogP contribution in [0.5, 0.6) is 5.75 Å². The molecule has 3 aromatic rings. The molecule has 38 heavy (non-hydrogen) atoms. The number of rotatable bonds is 8. The molecule has 202 valence electrons. The van der Waals surface area contributed by atoms with Gasteiger partial charge in [0.05, 0.1) is 17.9 Å². The number of nitrogens with two attached hydrogens (primary N) is 1. The molecule has 0 saturated carbocycles. The minimum Gasteiger partial charge on any atom is -0.493 e. The second kappa shape index (κ2) is 11.3. The average Bonchev–Trinajstić information content (AvgIpc) is 2.87. The van der Waals surface area contributed by atoms with Crippen molar-refractivity contribution in [1.82, 2.24) is 14.7 Å². The van der Waals surface area contributed by atoms with E-state index in [2.05, 4.69) is 9.71 Å². The first-order valence-corrected chi connectivity index (χ1v) is 14.0. The lowest BCUT2D eigenvalue weighted by Gasteiger charge is -2.35. The Bertz CT molecular complexity index is 1430. The van der Waals surface area contributed by atoms with Crippen molar-refractivity contribution in [2.75, 3.05) is 23.8 Å². The number of carbonyl (C=O) groups excluding carboxylic acids is 1. The minimum absolute atomic E-state index is 0.0148. The lowest BCUT2D eigenvalue weighted by atomic mass is 10.0. The number of hydrogen-bond acceptors (Lipinski definition) is 8. The molecule has 1 fully saturated rings. The predicted molar refractivity (Wildman–Crippen MR) is 144 cm³/mol. The number of halogens is 1. The van der Waals surface area contributed by atoms with Gasteiger partial charge in [-0.15, -0.1) is 0 Å². The van der Waals surface area contributed by atoms with Gasteiger partial charge in [-0.25, -0.2) is 19.1 Å². The molecule has 0 bridgehead atoms. The van der Waals surface area contributed by atoms with Crippen molar-refractivity contribution < 1.29 is 22.3 Å². The average molecular weight is 542 g/mol. The van der Waals surface area contributed by atoms with E-state index in [-0.39, 0.29) is 28.4 Å². The maximum Gasteiger partial charge on any atom is 0.281 e. The summed E-state index contributed by atoms with van der Waals surface area (Å²) in [6.07, 6.45) is 2.83. The second-order valence-corrected chi connectivity index (χ2v) is 11.5. The normalized spacial score (nSPS) is 15.9. The van der Waals surface area contributed by atoms with Gasteiger partial charge in [-0.3, -0.25) is 4.79 Å². The third-order valence-corrected chi connectivity index (χ3v) is 7.42. The first kappa shape index (κ1) is 27.3. The van der Waals surface area contributed by atoms with Gasteiger partial charge < -0.3 is 15.4 Å². The highest BCUT2D eigenvalue weighted by Gasteiger charge is 2.28. The number of amides is 1. The first-order chi connectivity index (χ1) is 18.0. The van der Waals surface area contributed by atoms with Crippen molar-refractivity contribution >= 4 is 27.6 Å². The number of pyridine rings is 2. The molecule has 1 saturated heterocycles. The summed E-state index contributed by atoms with van der Waals surface area (Å²) >= 11 is 0. The van der Waals surface area contributed by atoms with E-state index >= 15 is 0 Å². The topological polar surface area (TPSA) is 128 Å². The van der Waals surface area contributed by atoms with Crippen molar-refractivity contribution in [2.45, 2.75) is 51.1 Å². The second-order valence-electron chi connectivity index (χ2n) is 9.82. The van der Waals surface area contributed by atoms with Gasteiger partial charge in [0.2, 0.25) is 0 Å². The van der Waals surface area contributed by atoms with Crippen LogP contribution in [0.15, 0.2) is 53.6 Å². The maximum atomic E-state index is 14.5. The Kier molecular flexibility index (Phi) is 8.15. The zero-order chi connectivity index (χ0) is 27.4. The molecule has 1 aliphatic heterocycles. The van der Waals surface area contributed by atoms with Gasteiger partial charge in [0.25, 0.3) is 15.9 Å². The van der Waals surface area contributed by atoms with Gasteiger partial charge in [-0.05, 0) is 68.5 Å². The number of benzene rings is 1. The van der Waals surface area contributed by atoms with Gasteiger partial charge >= 0.3 is 0 Å².